The van der Waals surface area contributed by atoms with E-state index in [9.17, 15) is 20.1 Å². The van der Waals surface area contributed by atoms with Gasteiger partial charge in [-0.15, -0.1) is 0 Å². The number of aliphatic hydroxyl groups is 3. The molecule has 1 aliphatic rings. The zero-order valence-corrected chi connectivity index (χ0v) is 11.9. The maximum atomic E-state index is 12.1. The van der Waals surface area contributed by atoms with E-state index in [0.717, 1.165) is 0 Å². The largest absolute Gasteiger partial charge is 0.394 e. The summed E-state index contributed by atoms with van der Waals surface area (Å²) < 4.78 is 7.18. The number of nitrogens with zero attached hydrogens (tertiary/aromatic N) is 2. The van der Waals surface area contributed by atoms with E-state index in [2.05, 4.69) is 9.97 Å². The predicted octanol–water partition coefficient (Wildman–Crippen LogP) is -1.52. The highest BCUT2D eigenvalue weighted by molar-refractivity contribution is 5.80. The van der Waals surface area contributed by atoms with Crippen LogP contribution in [0.2, 0.25) is 0 Å². The molecule has 1 fully saturated rings. The van der Waals surface area contributed by atoms with Crippen molar-refractivity contribution >= 4 is 17.0 Å². The lowest BCUT2D eigenvalue weighted by molar-refractivity contribution is -0.0224. The van der Waals surface area contributed by atoms with Crippen LogP contribution in [0.25, 0.3) is 11.0 Å². The normalized spacial score (nSPS) is 28.5. The summed E-state index contributed by atoms with van der Waals surface area (Å²) >= 11 is 0. The molecule has 3 rings (SSSR count). The van der Waals surface area contributed by atoms with Gasteiger partial charge in [0.2, 0.25) is 5.95 Å². The number of aromatic amines is 1. The zero-order chi connectivity index (χ0) is 16.0. The number of aromatic nitrogens is 3. The Morgan fingerprint density at radius 3 is 2.77 bits per heavy atom. The number of aliphatic hydroxyl groups excluding tert-OH is 3. The summed E-state index contributed by atoms with van der Waals surface area (Å²) in [7, 11) is 0. The summed E-state index contributed by atoms with van der Waals surface area (Å²) in [6, 6.07) is 0. The van der Waals surface area contributed by atoms with Crippen molar-refractivity contribution in [3.63, 3.8) is 0 Å². The van der Waals surface area contributed by atoms with Crippen molar-refractivity contribution in [3.8, 4) is 0 Å². The van der Waals surface area contributed by atoms with Gasteiger partial charge in [-0.2, -0.15) is 0 Å². The molecule has 0 amide bonds. The lowest BCUT2D eigenvalue weighted by Crippen LogP contribution is -2.32. The summed E-state index contributed by atoms with van der Waals surface area (Å²) in [6.45, 7) is 1.95. The second kappa shape index (κ2) is 5.36. The molecule has 1 saturated heterocycles. The van der Waals surface area contributed by atoms with Gasteiger partial charge in [-0.25, -0.2) is 4.98 Å². The molecule has 0 unspecified atom stereocenters. The molecular formula is C13H18N4O5. The fourth-order valence-electron chi connectivity index (χ4n) is 2.86. The molecule has 6 N–H and O–H groups in total. The number of fused-ring (bicyclic) bond motifs is 1. The monoisotopic (exact) mass is 310 g/mol. The Bertz CT molecular complexity index is 755. The fraction of sp³-hybridized carbons (Fsp3) is 0.538. The Balaban J connectivity index is 2.18. The molecule has 9 nitrogen and oxygen atoms in total. The molecule has 4 atom stereocenters. The number of hydrogen-bond donors (Lipinski definition) is 5. The minimum absolute atomic E-state index is 0.0423. The van der Waals surface area contributed by atoms with Crippen molar-refractivity contribution in [2.45, 2.75) is 37.9 Å². The first-order chi connectivity index (χ1) is 10.5. The molecule has 2 aromatic rings. The third-order valence-electron chi connectivity index (χ3n) is 3.96. The maximum Gasteiger partial charge on any atom is 0.276 e. The van der Waals surface area contributed by atoms with Crippen LogP contribution in [0.3, 0.4) is 0 Å². The van der Waals surface area contributed by atoms with E-state index >= 15 is 0 Å². The Morgan fingerprint density at radius 2 is 2.18 bits per heavy atom. The Morgan fingerprint density at radius 1 is 1.45 bits per heavy atom. The molecule has 120 valence electrons. The van der Waals surface area contributed by atoms with Gasteiger partial charge in [0.1, 0.15) is 35.4 Å². The van der Waals surface area contributed by atoms with Crippen molar-refractivity contribution in [2.75, 3.05) is 12.3 Å². The van der Waals surface area contributed by atoms with Crippen molar-refractivity contribution in [1.82, 2.24) is 14.5 Å². The van der Waals surface area contributed by atoms with Gasteiger partial charge < -0.3 is 30.4 Å². The second-order valence-corrected chi connectivity index (χ2v) is 5.28. The first-order valence-electron chi connectivity index (χ1n) is 6.98. The van der Waals surface area contributed by atoms with Crippen molar-refractivity contribution < 1.29 is 20.1 Å². The van der Waals surface area contributed by atoms with Crippen LogP contribution in [0.5, 0.6) is 0 Å². The number of nitrogen functional groups attached to an aromatic ring is 1. The molecule has 1 aliphatic heterocycles. The van der Waals surface area contributed by atoms with E-state index in [0.29, 0.717) is 23.1 Å². The summed E-state index contributed by atoms with van der Waals surface area (Å²) in [5, 5.41) is 29.2. The highest BCUT2D eigenvalue weighted by Crippen LogP contribution is 2.36. The van der Waals surface area contributed by atoms with Crippen LogP contribution < -0.4 is 11.3 Å². The van der Waals surface area contributed by atoms with Crippen LogP contribution in [-0.4, -0.2) is 54.8 Å². The quantitative estimate of drug-likeness (QED) is 0.462. The predicted molar refractivity (Wildman–Crippen MR) is 77.2 cm³/mol. The number of ether oxygens (including phenoxy) is 1. The molecule has 0 aliphatic carbocycles. The lowest BCUT2D eigenvalue weighted by atomic mass is 10.0. The number of anilines is 1. The van der Waals surface area contributed by atoms with E-state index in [-0.39, 0.29) is 11.5 Å². The van der Waals surface area contributed by atoms with E-state index < -0.39 is 31.0 Å². The highest BCUT2D eigenvalue weighted by Gasteiger charge is 2.44. The fourth-order valence-corrected chi connectivity index (χ4v) is 2.86. The lowest BCUT2D eigenvalue weighted by Gasteiger charge is -2.13. The molecule has 3 heterocycles. The average Bonchev–Trinajstić information content (AvgIpc) is 2.98. The van der Waals surface area contributed by atoms with Gasteiger partial charge in [0.05, 0.1) is 6.61 Å². The van der Waals surface area contributed by atoms with Crippen molar-refractivity contribution in [3.05, 3.63) is 22.1 Å². The maximum absolute atomic E-state index is 12.1. The van der Waals surface area contributed by atoms with Gasteiger partial charge in [-0.1, -0.05) is 0 Å². The first kappa shape index (κ1) is 15.0. The number of nitrogens with two attached hydrogens (primary N) is 1. The summed E-state index contributed by atoms with van der Waals surface area (Å²) in [5.41, 5.74) is 6.30. The molecule has 0 saturated carbocycles. The van der Waals surface area contributed by atoms with Gasteiger partial charge in [-0.05, 0) is 6.92 Å². The molecule has 0 radical (unpaired) electrons. The van der Waals surface area contributed by atoms with Crippen LogP contribution in [0.4, 0.5) is 5.95 Å². The molecule has 0 aromatic carbocycles. The van der Waals surface area contributed by atoms with Gasteiger partial charge in [0.25, 0.3) is 5.56 Å². The third kappa shape index (κ3) is 2.10. The Kier molecular flexibility index (Phi) is 3.65. The average molecular weight is 310 g/mol. The topological polar surface area (TPSA) is 147 Å². The van der Waals surface area contributed by atoms with Crippen LogP contribution in [-0.2, 0) is 11.3 Å². The Hall–Kier alpha value is -1.94. The van der Waals surface area contributed by atoms with Crippen LogP contribution in [0.1, 0.15) is 18.6 Å². The standard InChI is InChI=1S/C13H18N4O5/c1-2-17-3-5(7-8(17)12(21)16-13(14)15-7)11-10(20)9(19)6(4-18)22-11/h3,6,9-11,18-20H,2,4H2,1H3,(H3,14,15,16,21)/t6-,9-,10-,11+/m1/s1. The zero-order valence-electron chi connectivity index (χ0n) is 11.9. The van der Waals surface area contributed by atoms with E-state index in [1.807, 2.05) is 6.92 Å². The first-order valence-corrected chi connectivity index (χ1v) is 6.98. The Labute approximate surface area is 125 Å². The minimum atomic E-state index is -1.23. The smallest absolute Gasteiger partial charge is 0.276 e. The number of hydrogen-bond acceptors (Lipinski definition) is 7. The number of aryl methyl sites for hydroxylation is 1. The molecule has 0 bridgehead atoms. The van der Waals surface area contributed by atoms with E-state index in [1.54, 1.807) is 10.8 Å². The number of H-pyrrole nitrogens is 1. The molecule has 0 spiro atoms. The van der Waals surface area contributed by atoms with Gasteiger partial charge >= 0.3 is 0 Å². The molecule has 9 heteroatoms. The molecule has 22 heavy (non-hydrogen) atoms. The number of nitrogens with one attached hydrogen (secondary N) is 1. The van der Waals surface area contributed by atoms with E-state index in [1.165, 1.54) is 0 Å². The second-order valence-electron chi connectivity index (χ2n) is 5.28. The molecular weight excluding hydrogens is 292 g/mol. The molecule has 2 aromatic heterocycles. The van der Waals surface area contributed by atoms with E-state index in [4.69, 9.17) is 10.5 Å². The number of rotatable bonds is 3. The van der Waals surface area contributed by atoms with Gasteiger partial charge in [-0.3, -0.25) is 9.78 Å². The van der Waals surface area contributed by atoms with Crippen LogP contribution in [0.15, 0.2) is 11.0 Å². The highest BCUT2D eigenvalue weighted by atomic mass is 16.6. The third-order valence-corrected chi connectivity index (χ3v) is 3.96. The minimum Gasteiger partial charge on any atom is -0.394 e. The van der Waals surface area contributed by atoms with Crippen molar-refractivity contribution in [1.29, 1.82) is 0 Å². The van der Waals surface area contributed by atoms with Crippen LogP contribution >= 0.6 is 0 Å². The summed E-state index contributed by atoms with van der Waals surface area (Å²) in [4.78, 5) is 18.6. The van der Waals surface area contributed by atoms with Gasteiger partial charge in [0, 0.05) is 18.3 Å². The van der Waals surface area contributed by atoms with Crippen molar-refractivity contribution in [2.24, 2.45) is 0 Å². The van der Waals surface area contributed by atoms with Gasteiger partial charge in [0.15, 0.2) is 0 Å². The summed E-state index contributed by atoms with van der Waals surface area (Å²) in [6.07, 6.45) is -2.58. The SMILES string of the molecule is CCn1cc([C@@H]2O[C@H](CO)[C@@H](O)[C@H]2O)c2nc(N)[nH]c(=O)c21. The summed E-state index contributed by atoms with van der Waals surface area (Å²) in [5.74, 6) is -0.0423. The van der Waals surface area contributed by atoms with Crippen LogP contribution in [0, 0.1) is 0 Å².